The first kappa shape index (κ1) is 9.71. The first-order valence-electron chi connectivity index (χ1n) is 4.99. The van der Waals surface area contributed by atoms with Gasteiger partial charge < -0.3 is 0 Å². The van der Waals surface area contributed by atoms with Crippen molar-refractivity contribution in [2.24, 2.45) is 0 Å². The first-order valence-corrected chi connectivity index (χ1v) is 5.87. The molecule has 2 heterocycles. The predicted molar refractivity (Wildman–Crippen MR) is 61.1 cm³/mol. The van der Waals surface area contributed by atoms with Gasteiger partial charge in [0.2, 0.25) is 0 Å². The highest BCUT2D eigenvalue weighted by Crippen LogP contribution is 2.28. The number of nitrogens with zero attached hydrogens (tertiary/aromatic N) is 2. The molecule has 2 rings (SSSR count). The highest BCUT2D eigenvalue weighted by Gasteiger charge is 2.22. The van der Waals surface area contributed by atoms with E-state index in [0.717, 1.165) is 11.4 Å². The Labute approximate surface area is 88.6 Å². The average Bonchev–Trinajstić information content (AvgIpc) is 2.58. The molecule has 0 fully saturated rings. The molecule has 0 aliphatic heterocycles. The summed E-state index contributed by atoms with van der Waals surface area (Å²) in [5, 5.41) is 2.09. The third-order valence-electron chi connectivity index (χ3n) is 2.41. The number of aryl methyl sites for hydroxylation is 1. The van der Waals surface area contributed by atoms with Crippen LogP contribution in [0.4, 0.5) is 0 Å². The second-order valence-corrected chi connectivity index (χ2v) is 5.44. The van der Waals surface area contributed by atoms with Crippen LogP contribution in [0.15, 0.2) is 11.6 Å². The van der Waals surface area contributed by atoms with Crippen molar-refractivity contribution in [1.82, 2.24) is 9.38 Å². The number of thiazole rings is 1. The van der Waals surface area contributed by atoms with Crippen molar-refractivity contribution in [2.75, 3.05) is 0 Å². The lowest BCUT2D eigenvalue weighted by atomic mass is 9.90. The summed E-state index contributed by atoms with van der Waals surface area (Å²) >= 11 is 1.71. The van der Waals surface area contributed by atoms with Crippen LogP contribution in [0.5, 0.6) is 0 Å². The lowest BCUT2D eigenvalue weighted by molar-refractivity contribution is 0.565. The molecule has 0 radical (unpaired) electrons. The van der Waals surface area contributed by atoms with E-state index in [9.17, 15) is 0 Å². The largest absolute Gasteiger partial charge is 0.294 e. The maximum Gasteiger partial charge on any atom is 0.194 e. The van der Waals surface area contributed by atoms with Gasteiger partial charge >= 0.3 is 0 Å². The summed E-state index contributed by atoms with van der Waals surface area (Å²) in [5.41, 5.74) is 2.75. The van der Waals surface area contributed by atoms with Crippen LogP contribution in [0.25, 0.3) is 4.96 Å². The molecule has 0 atom stereocenters. The van der Waals surface area contributed by atoms with Crippen molar-refractivity contribution in [2.45, 2.75) is 39.5 Å². The van der Waals surface area contributed by atoms with Gasteiger partial charge in [-0.15, -0.1) is 11.3 Å². The molecule has 0 amide bonds. The van der Waals surface area contributed by atoms with E-state index in [1.807, 2.05) is 0 Å². The monoisotopic (exact) mass is 208 g/mol. The maximum absolute atomic E-state index is 4.70. The van der Waals surface area contributed by atoms with Crippen LogP contribution in [0.1, 0.15) is 39.1 Å². The molecule has 14 heavy (non-hydrogen) atoms. The van der Waals surface area contributed by atoms with E-state index in [1.54, 1.807) is 11.3 Å². The Morgan fingerprint density at radius 1 is 1.43 bits per heavy atom. The predicted octanol–water partition coefficient (Wildman–Crippen LogP) is 3.26. The molecule has 2 aromatic heterocycles. The Morgan fingerprint density at radius 3 is 2.71 bits per heavy atom. The number of aromatic nitrogens is 2. The number of rotatable bonds is 1. The third kappa shape index (κ3) is 1.36. The van der Waals surface area contributed by atoms with Crippen molar-refractivity contribution in [3.05, 3.63) is 23.0 Å². The molecule has 2 aromatic rings. The molecule has 0 unspecified atom stereocenters. The molecule has 76 valence electrons. The van der Waals surface area contributed by atoms with Gasteiger partial charge in [-0.3, -0.25) is 4.40 Å². The zero-order chi connectivity index (χ0) is 10.3. The topological polar surface area (TPSA) is 17.3 Å². The van der Waals surface area contributed by atoms with Gasteiger partial charge in [0.1, 0.15) is 0 Å². The van der Waals surface area contributed by atoms with Gasteiger partial charge in [0, 0.05) is 22.7 Å². The van der Waals surface area contributed by atoms with E-state index in [2.05, 4.69) is 43.7 Å². The standard InChI is InChI=1S/C11H16N2S/c1-5-8-9(11(2,3)4)12-10-13(8)6-7-14-10/h6-7H,5H2,1-4H3. The second kappa shape index (κ2) is 3.09. The summed E-state index contributed by atoms with van der Waals surface area (Å²) in [6.45, 7) is 8.85. The maximum atomic E-state index is 4.70. The van der Waals surface area contributed by atoms with E-state index >= 15 is 0 Å². The Balaban J connectivity index is 2.70. The van der Waals surface area contributed by atoms with Crippen LogP contribution >= 0.6 is 11.3 Å². The van der Waals surface area contributed by atoms with E-state index in [0.29, 0.717) is 0 Å². The van der Waals surface area contributed by atoms with Crippen LogP contribution in [-0.2, 0) is 11.8 Å². The van der Waals surface area contributed by atoms with Gasteiger partial charge in [-0.05, 0) is 6.42 Å². The van der Waals surface area contributed by atoms with Crippen LogP contribution in [0.2, 0.25) is 0 Å². The van der Waals surface area contributed by atoms with Gasteiger partial charge in [0.25, 0.3) is 0 Å². The van der Waals surface area contributed by atoms with Crippen LogP contribution < -0.4 is 0 Å². The second-order valence-electron chi connectivity index (χ2n) is 4.57. The minimum Gasteiger partial charge on any atom is -0.294 e. The Morgan fingerprint density at radius 2 is 2.14 bits per heavy atom. The van der Waals surface area contributed by atoms with Gasteiger partial charge in [-0.25, -0.2) is 4.98 Å². The fourth-order valence-corrected chi connectivity index (χ4v) is 2.50. The smallest absolute Gasteiger partial charge is 0.194 e. The van der Waals surface area contributed by atoms with Gasteiger partial charge in [-0.1, -0.05) is 27.7 Å². The summed E-state index contributed by atoms with van der Waals surface area (Å²) in [6, 6.07) is 0. The third-order valence-corrected chi connectivity index (χ3v) is 3.16. The zero-order valence-corrected chi connectivity index (χ0v) is 9.98. The van der Waals surface area contributed by atoms with Crippen molar-refractivity contribution in [3.8, 4) is 0 Å². The zero-order valence-electron chi connectivity index (χ0n) is 9.16. The molecule has 2 nitrogen and oxygen atoms in total. The Hall–Kier alpha value is -0.830. The summed E-state index contributed by atoms with van der Waals surface area (Å²) in [7, 11) is 0. The van der Waals surface area contributed by atoms with E-state index in [-0.39, 0.29) is 5.41 Å². The molecular weight excluding hydrogens is 192 g/mol. The minimum atomic E-state index is 0.150. The Bertz CT molecular complexity index is 445. The minimum absolute atomic E-state index is 0.150. The van der Waals surface area contributed by atoms with Gasteiger partial charge in [0.05, 0.1) is 5.69 Å². The van der Waals surface area contributed by atoms with Crippen LogP contribution in [0, 0.1) is 0 Å². The van der Waals surface area contributed by atoms with Crippen molar-refractivity contribution < 1.29 is 0 Å². The number of hydrogen-bond acceptors (Lipinski definition) is 2. The molecule has 3 heteroatoms. The first-order chi connectivity index (χ1) is 6.54. The van der Waals surface area contributed by atoms with Crippen LogP contribution in [0.3, 0.4) is 0 Å². The highest BCUT2D eigenvalue weighted by atomic mass is 32.1. The fraction of sp³-hybridized carbons (Fsp3) is 0.545. The lowest BCUT2D eigenvalue weighted by Gasteiger charge is -2.17. The summed E-state index contributed by atoms with van der Waals surface area (Å²) in [4.78, 5) is 5.81. The number of imidazole rings is 1. The molecule has 0 aromatic carbocycles. The fourth-order valence-electron chi connectivity index (χ4n) is 1.77. The quantitative estimate of drug-likeness (QED) is 0.703. The van der Waals surface area contributed by atoms with Gasteiger partial charge in [-0.2, -0.15) is 0 Å². The van der Waals surface area contributed by atoms with E-state index in [1.165, 1.54) is 11.4 Å². The molecule has 0 N–H and O–H groups in total. The molecule has 0 bridgehead atoms. The lowest BCUT2D eigenvalue weighted by Crippen LogP contribution is -2.14. The summed E-state index contributed by atoms with van der Waals surface area (Å²) in [5.74, 6) is 0. The normalized spacial score (nSPS) is 12.6. The number of hydrogen-bond donors (Lipinski definition) is 0. The Kier molecular flexibility index (Phi) is 2.14. The average molecular weight is 208 g/mol. The number of fused-ring (bicyclic) bond motifs is 1. The SMILES string of the molecule is CCc1c(C(C)(C)C)nc2sccn12. The molecule has 0 saturated heterocycles. The summed E-state index contributed by atoms with van der Waals surface area (Å²) < 4.78 is 2.21. The van der Waals surface area contributed by atoms with Crippen molar-refractivity contribution >= 4 is 16.3 Å². The molecule has 0 aliphatic rings. The van der Waals surface area contributed by atoms with E-state index in [4.69, 9.17) is 4.98 Å². The molecule has 0 saturated carbocycles. The molecule has 0 spiro atoms. The summed E-state index contributed by atoms with van der Waals surface area (Å²) in [6.07, 6.45) is 3.16. The van der Waals surface area contributed by atoms with Gasteiger partial charge in [0.15, 0.2) is 4.96 Å². The van der Waals surface area contributed by atoms with Crippen molar-refractivity contribution in [3.63, 3.8) is 0 Å². The van der Waals surface area contributed by atoms with Crippen LogP contribution in [-0.4, -0.2) is 9.38 Å². The molecule has 0 aliphatic carbocycles. The van der Waals surface area contributed by atoms with E-state index < -0.39 is 0 Å². The highest BCUT2D eigenvalue weighted by molar-refractivity contribution is 7.15. The molecular formula is C11H16N2S. The van der Waals surface area contributed by atoms with Crippen molar-refractivity contribution in [1.29, 1.82) is 0 Å².